The number of thioether (sulfide) groups is 1. The summed E-state index contributed by atoms with van der Waals surface area (Å²) in [5.41, 5.74) is 1.59. The molecule has 1 aromatic carbocycles. The highest BCUT2D eigenvalue weighted by Gasteiger charge is 2.51. The zero-order valence-electron chi connectivity index (χ0n) is 15.9. The number of rotatable bonds is 6. The van der Waals surface area contributed by atoms with E-state index in [1.807, 2.05) is 43.2 Å². The lowest BCUT2D eigenvalue weighted by atomic mass is 9.91. The number of ether oxygens (including phenoxy) is 1. The second-order valence-corrected chi connectivity index (χ2v) is 7.40. The van der Waals surface area contributed by atoms with E-state index in [4.69, 9.17) is 4.74 Å². The van der Waals surface area contributed by atoms with Gasteiger partial charge in [-0.25, -0.2) is 14.8 Å². The zero-order valence-corrected chi connectivity index (χ0v) is 16.7. The smallest absolute Gasteiger partial charge is 0.329 e. The molecule has 1 aromatic heterocycles. The van der Waals surface area contributed by atoms with Gasteiger partial charge in [-0.2, -0.15) is 0 Å². The van der Waals surface area contributed by atoms with Gasteiger partial charge >= 0.3 is 5.97 Å². The van der Waals surface area contributed by atoms with Gasteiger partial charge < -0.3 is 4.74 Å². The van der Waals surface area contributed by atoms with Crippen molar-refractivity contribution in [3.05, 3.63) is 53.3 Å². The number of methoxy groups -OCH3 is 1. The Kier molecular flexibility index (Phi) is 5.62. The molecule has 7 heteroatoms. The lowest BCUT2D eigenvalue weighted by molar-refractivity contribution is -0.148. The van der Waals surface area contributed by atoms with E-state index in [0.717, 1.165) is 5.56 Å². The summed E-state index contributed by atoms with van der Waals surface area (Å²) >= 11 is 1.42. The lowest BCUT2D eigenvalue weighted by Crippen LogP contribution is -2.45. The maximum absolute atomic E-state index is 12.9. The van der Waals surface area contributed by atoms with Gasteiger partial charge in [0.2, 0.25) is 0 Å². The molecule has 2 unspecified atom stereocenters. The Morgan fingerprint density at radius 2 is 2.00 bits per heavy atom. The number of fused-ring (bicyclic) bond motifs is 1. The van der Waals surface area contributed by atoms with E-state index >= 15 is 0 Å². The van der Waals surface area contributed by atoms with Gasteiger partial charge in [0.05, 0.1) is 19.3 Å². The van der Waals surface area contributed by atoms with Gasteiger partial charge in [-0.15, -0.1) is 0 Å². The van der Waals surface area contributed by atoms with E-state index in [9.17, 15) is 9.59 Å². The number of carbonyl (C=O) groups is 2. The second-order valence-electron chi connectivity index (χ2n) is 6.63. The molecule has 6 nitrogen and oxygen atoms in total. The Bertz CT molecular complexity index is 859. The van der Waals surface area contributed by atoms with Gasteiger partial charge in [0.25, 0.3) is 0 Å². The van der Waals surface area contributed by atoms with E-state index in [1.165, 1.54) is 18.9 Å². The molecule has 27 heavy (non-hydrogen) atoms. The highest BCUT2D eigenvalue weighted by Crippen LogP contribution is 2.47. The van der Waals surface area contributed by atoms with E-state index < -0.39 is 17.6 Å². The predicted octanol–water partition coefficient (Wildman–Crippen LogP) is 3.24. The van der Waals surface area contributed by atoms with Crippen LogP contribution in [-0.2, 0) is 15.1 Å². The monoisotopic (exact) mass is 385 g/mol. The second kappa shape index (κ2) is 7.78. The Labute approximate surface area is 163 Å². The Morgan fingerprint density at radius 1 is 1.30 bits per heavy atom. The fourth-order valence-corrected chi connectivity index (χ4v) is 3.91. The number of benzene rings is 1. The molecule has 0 fully saturated rings. The molecule has 0 saturated heterocycles. The number of ketones is 1. The molecular weight excluding hydrogens is 362 g/mol. The first-order chi connectivity index (χ1) is 13.0. The fourth-order valence-electron chi connectivity index (χ4n) is 3.57. The molecular formula is C20H23N3O3S. The molecule has 0 radical (unpaired) electrons. The van der Waals surface area contributed by atoms with Crippen molar-refractivity contribution in [1.29, 1.82) is 0 Å². The third-order valence-corrected chi connectivity index (χ3v) is 5.85. The number of carbonyl (C=O) groups excluding carboxylic acids is 2. The molecule has 1 aliphatic rings. The van der Waals surface area contributed by atoms with Gasteiger partial charge in [-0.3, -0.25) is 9.69 Å². The van der Waals surface area contributed by atoms with E-state index in [0.29, 0.717) is 22.8 Å². The van der Waals surface area contributed by atoms with Gasteiger partial charge in [-0.1, -0.05) is 49.0 Å². The average molecular weight is 385 g/mol. The van der Waals surface area contributed by atoms with E-state index in [-0.39, 0.29) is 12.3 Å². The standard InChI is InChI=1S/C20H23N3O3S/c1-5-20(2)14-11-21-19(27-4)22-16(14)17(18(25)26-3)23(20)12-15(24)13-9-7-6-8-10-13/h6-11,17H,5,12H2,1-4H3. The minimum Gasteiger partial charge on any atom is -0.468 e. The van der Waals surface area contributed by atoms with Crippen LogP contribution >= 0.6 is 11.8 Å². The first-order valence-electron chi connectivity index (χ1n) is 8.80. The van der Waals surface area contributed by atoms with E-state index in [1.54, 1.807) is 18.3 Å². The Hall–Kier alpha value is -2.25. The van der Waals surface area contributed by atoms with Crippen molar-refractivity contribution in [2.24, 2.45) is 0 Å². The number of nitrogens with zero attached hydrogens (tertiary/aromatic N) is 3. The SMILES string of the molecule is CCC1(C)c2cnc(SC)nc2C(C(=O)OC)N1CC(=O)c1ccccc1. The van der Waals surface area contributed by atoms with Crippen LogP contribution in [0.4, 0.5) is 0 Å². The third kappa shape index (κ3) is 3.37. The van der Waals surface area contributed by atoms with Gasteiger partial charge in [0, 0.05) is 22.9 Å². The van der Waals surface area contributed by atoms with E-state index in [2.05, 4.69) is 9.97 Å². The highest BCUT2D eigenvalue weighted by molar-refractivity contribution is 7.98. The van der Waals surface area contributed by atoms with Crippen LogP contribution in [0, 0.1) is 0 Å². The van der Waals surface area contributed by atoms with Crippen LogP contribution in [0.15, 0.2) is 41.7 Å². The largest absolute Gasteiger partial charge is 0.468 e. The van der Waals surface area contributed by atoms with Crippen LogP contribution in [0.2, 0.25) is 0 Å². The number of esters is 1. The number of aromatic nitrogens is 2. The molecule has 0 spiro atoms. The number of Topliss-reactive ketones (excluding diaryl/α,β-unsaturated/α-hetero) is 1. The quantitative estimate of drug-likeness (QED) is 0.327. The summed E-state index contributed by atoms with van der Waals surface area (Å²) in [5.74, 6) is -0.463. The summed E-state index contributed by atoms with van der Waals surface area (Å²) < 4.78 is 5.06. The highest BCUT2D eigenvalue weighted by atomic mass is 32.2. The molecule has 0 bridgehead atoms. The predicted molar refractivity (Wildman–Crippen MR) is 104 cm³/mol. The van der Waals surface area contributed by atoms with Crippen LogP contribution in [0.3, 0.4) is 0 Å². The summed E-state index contributed by atoms with van der Waals surface area (Å²) in [5, 5.41) is 0.595. The minimum atomic E-state index is -0.725. The molecule has 0 amide bonds. The molecule has 0 N–H and O–H groups in total. The molecule has 1 aliphatic heterocycles. The maximum Gasteiger partial charge on any atom is 0.329 e. The molecule has 0 aliphatic carbocycles. The van der Waals surface area contributed by atoms with Gasteiger partial charge in [0.1, 0.15) is 0 Å². The molecule has 0 saturated carbocycles. The van der Waals surface area contributed by atoms with Crippen LogP contribution in [0.1, 0.15) is 47.9 Å². The van der Waals surface area contributed by atoms with Crippen LogP contribution in [0.25, 0.3) is 0 Å². The summed E-state index contributed by atoms with van der Waals surface area (Å²) in [6.07, 6.45) is 4.37. The van der Waals surface area contributed by atoms with Gasteiger partial charge in [-0.05, 0) is 19.6 Å². The maximum atomic E-state index is 12.9. The summed E-state index contributed by atoms with van der Waals surface area (Å²) in [6, 6.07) is 8.38. The number of hydrogen-bond donors (Lipinski definition) is 0. The van der Waals surface area contributed by atoms with Gasteiger partial charge in [0.15, 0.2) is 17.0 Å². The van der Waals surface area contributed by atoms with Crippen LogP contribution < -0.4 is 0 Å². The Balaban J connectivity index is 2.07. The van der Waals surface area contributed by atoms with Crippen molar-refractivity contribution in [2.45, 2.75) is 37.0 Å². The van der Waals surface area contributed by atoms with Crippen molar-refractivity contribution in [3.8, 4) is 0 Å². The molecule has 2 heterocycles. The van der Waals surface area contributed by atoms with Crippen LogP contribution in [-0.4, -0.2) is 46.5 Å². The van der Waals surface area contributed by atoms with Crippen molar-refractivity contribution >= 4 is 23.5 Å². The summed E-state index contributed by atoms with van der Waals surface area (Å²) in [4.78, 5) is 36.5. The lowest BCUT2D eigenvalue weighted by Gasteiger charge is -2.36. The topological polar surface area (TPSA) is 72.4 Å². The number of hydrogen-bond acceptors (Lipinski definition) is 7. The molecule has 2 atom stereocenters. The van der Waals surface area contributed by atoms with Crippen molar-refractivity contribution in [1.82, 2.24) is 14.9 Å². The summed E-state index contributed by atoms with van der Waals surface area (Å²) in [7, 11) is 1.36. The zero-order chi connectivity index (χ0) is 19.6. The van der Waals surface area contributed by atoms with Crippen molar-refractivity contribution < 1.29 is 14.3 Å². The Morgan fingerprint density at radius 3 is 2.59 bits per heavy atom. The van der Waals surface area contributed by atoms with Crippen molar-refractivity contribution in [2.75, 3.05) is 19.9 Å². The molecule has 2 aromatic rings. The first kappa shape index (κ1) is 19.5. The molecule has 3 rings (SSSR count). The average Bonchev–Trinajstić information content (AvgIpc) is 2.96. The fraction of sp³-hybridized carbons (Fsp3) is 0.400. The minimum absolute atomic E-state index is 0.0463. The normalized spacial score (nSPS) is 21.7. The summed E-state index contributed by atoms with van der Waals surface area (Å²) in [6.45, 7) is 4.15. The van der Waals surface area contributed by atoms with Crippen molar-refractivity contribution in [3.63, 3.8) is 0 Å². The first-order valence-corrected chi connectivity index (χ1v) is 10.0. The van der Waals surface area contributed by atoms with Crippen LogP contribution in [0.5, 0.6) is 0 Å². The molecule has 142 valence electrons. The third-order valence-electron chi connectivity index (χ3n) is 5.29.